The molecule has 0 aliphatic carbocycles. The molecule has 0 spiro atoms. The fourth-order valence-corrected chi connectivity index (χ4v) is 5.43. The Morgan fingerprint density at radius 3 is 2.48 bits per heavy atom. The number of nitrogens with one attached hydrogen (secondary N) is 2. The van der Waals surface area contributed by atoms with E-state index in [0.29, 0.717) is 53.8 Å². The summed E-state index contributed by atoms with van der Waals surface area (Å²) in [5.74, 6) is 2.15. The second-order valence-corrected chi connectivity index (χ2v) is 11.9. The van der Waals surface area contributed by atoms with Gasteiger partial charge in [-0.2, -0.15) is 0 Å². The van der Waals surface area contributed by atoms with Crippen LogP contribution in [0.1, 0.15) is 41.2 Å². The van der Waals surface area contributed by atoms with Gasteiger partial charge in [0.1, 0.15) is 34.7 Å². The topological polar surface area (TPSA) is 129 Å². The number of ether oxygens (including phenoxy) is 2. The fourth-order valence-electron chi connectivity index (χ4n) is 5.43. The van der Waals surface area contributed by atoms with Crippen molar-refractivity contribution in [2.75, 3.05) is 37.4 Å². The van der Waals surface area contributed by atoms with Crippen LogP contribution in [0.25, 0.3) is 0 Å². The first-order valence-electron chi connectivity index (χ1n) is 15.3. The Bertz CT molecular complexity index is 1620. The number of hydrogen-bond acceptors (Lipinski definition) is 8. The fraction of sp³-hybridized carbons (Fsp3) is 0.343. The van der Waals surface area contributed by atoms with Crippen LogP contribution in [0, 0.1) is 19.8 Å². The number of aromatic nitrogens is 1. The lowest BCUT2D eigenvalue weighted by Crippen LogP contribution is -2.49. The molecule has 5 rings (SSSR count). The molecule has 2 heterocycles. The molecular weight excluding hydrogens is 586 g/mol. The molecule has 3 amide bonds. The van der Waals surface area contributed by atoms with E-state index in [1.165, 1.54) is 0 Å². The smallest absolute Gasteiger partial charge is 0.323 e. The molecule has 3 N–H and O–H groups in total. The first kappa shape index (κ1) is 32.5. The molecule has 3 aromatic carbocycles. The summed E-state index contributed by atoms with van der Waals surface area (Å²) in [7, 11) is 2.04. The number of fused-ring (bicyclic) bond motifs is 1. The molecule has 1 aromatic heterocycles. The van der Waals surface area contributed by atoms with Crippen LogP contribution in [-0.2, 0) is 6.54 Å². The average molecular weight is 628 g/mol. The Morgan fingerprint density at radius 1 is 1.09 bits per heavy atom. The lowest BCUT2D eigenvalue weighted by Gasteiger charge is -2.38. The molecule has 0 saturated carbocycles. The monoisotopic (exact) mass is 627 g/mol. The minimum Gasteiger partial charge on any atom is -0.488 e. The predicted octanol–water partition coefficient (Wildman–Crippen LogP) is 6.08. The molecule has 0 fully saturated rings. The van der Waals surface area contributed by atoms with E-state index in [2.05, 4.69) is 27.6 Å². The number of hydrogen-bond donors (Lipinski definition) is 3. The third-order valence-corrected chi connectivity index (χ3v) is 8.04. The van der Waals surface area contributed by atoms with Gasteiger partial charge in [0, 0.05) is 31.2 Å². The third kappa shape index (κ3) is 7.85. The molecule has 11 nitrogen and oxygen atoms in total. The second kappa shape index (κ2) is 14.5. The molecule has 242 valence electrons. The van der Waals surface area contributed by atoms with Crippen LogP contribution in [0.5, 0.6) is 17.2 Å². The van der Waals surface area contributed by atoms with Crippen LogP contribution in [-0.4, -0.2) is 70.9 Å². The van der Waals surface area contributed by atoms with Crippen molar-refractivity contribution in [3.8, 4) is 17.2 Å². The second-order valence-electron chi connectivity index (χ2n) is 11.9. The van der Waals surface area contributed by atoms with Crippen LogP contribution in [0.3, 0.4) is 0 Å². The van der Waals surface area contributed by atoms with E-state index in [0.717, 1.165) is 17.1 Å². The maximum absolute atomic E-state index is 13.8. The van der Waals surface area contributed by atoms with E-state index in [1.807, 2.05) is 68.6 Å². The van der Waals surface area contributed by atoms with Crippen LogP contribution in [0.2, 0.25) is 0 Å². The molecule has 46 heavy (non-hydrogen) atoms. The van der Waals surface area contributed by atoms with Crippen LogP contribution >= 0.6 is 0 Å². The number of aryl methyl sites for hydroxylation is 2. The van der Waals surface area contributed by atoms with Gasteiger partial charge >= 0.3 is 6.03 Å². The van der Waals surface area contributed by atoms with Crippen LogP contribution in [0.15, 0.2) is 77.3 Å². The van der Waals surface area contributed by atoms with Crippen LogP contribution in [0.4, 0.5) is 16.2 Å². The quantitative estimate of drug-likeness (QED) is 0.193. The third-order valence-electron chi connectivity index (χ3n) is 8.04. The summed E-state index contributed by atoms with van der Waals surface area (Å²) < 4.78 is 17.6. The Balaban J connectivity index is 1.30. The van der Waals surface area contributed by atoms with Gasteiger partial charge in [-0.1, -0.05) is 42.4 Å². The molecule has 11 heteroatoms. The highest BCUT2D eigenvalue weighted by atomic mass is 16.5. The SMILES string of the molecule is Cc1noc(C)c1NC(=O)Nc1ccc2c(c1)C(=O)N([C@@H](C)CO)C[C@@H](C)[C@@H](CN(C)Cc1ccc(Oc3ccccc3)cc1)O2. The van der Waals surface area contributed by atoms with E-state index < -0.39 is 12.1 Å². The maximum Gasteiger partial charge on any atom is 0.323 e. The number of benzene rings is 3. The van der Waals surface area contributed by atoms with Gasteiger partial charge in [0.15, 0.2) is 5.76 Å². The van der Waals surface area contributed by atoms with Crippen LogP contribution < -0.4 is 20.1 Å². The Kier molecular flexibility index (Phi) is 10.2. The number of aliphatic hydroxyl groups excluding tert-OH is 1. The van der Waals surface area contributed by atoms with E-state index in [4.69, 9.17) is 14.0 Å². The highest BCUT2D eigenvalue weighted by Crippen LogP contribution is 2.31. The maximum atomic E-state index is 13.8. The molecule has 1 aliphatic rings. The van der Waals surface area contributed by atoms with Crippen molar-refractivity contribution in [3.05, 3.63) is 95.4 Å². The van der Waals surface area contributed by atoms with Crippen molar-refractivity contribution in [2.45, 2.75) is 46.4 Å². The van der Waals surface area contributed by atoms with E-state index in [1.54, 1.807) is 36.9 Å². The standard InChI is InChI=1S/C35H41N5O6/c1-22-18-40(23(2)21-41)34(42)30-17-27(36-35(43)37-33-24(3)38-46-25(33)4)13-16-31(30)45-32(22)20-39(5)19-26-11-14-29(15-12-26)44-28-9-7-6-8-10-28/h6-17,22-23,32,41H,18-21H2,1-5H3,(H2,36,37,43)/t22-,23+,32-/m1/s1. The number of aliphatic hydroxyl groups is 1. The summed E-state index contributed by atoms with van der Waals surface area (Å²) in [5, 5.41) is 19.4. The zero-order valence-electron chi connectivity index (χ0n) is 26.8. The normalized spacial score (nSPS) is 17.0. The summed E-state index contributed by atoms with van der Waals surface area (Å²) in [6.07, 6.45) is -0.257. The lowest BCUT2D eigenvalue weighted by molar-refractivity contribution is 0.0341. The summed E-state index contributed by atoms with van der Waals surface area (Å²) in [6, 6.07) is 21.8. The van der Waals surface area contributed by atoms with Gasteiger partial charge < -0.3 is 34.6 Å². The number of carbonyl (C=O) groups excluding carboxylic acids is 2. The van der Waals surface area contributed by atoms with Gasteiger partial charge in [-0.3, -0.25) is 9.69 Å². The van der Waals surface area contributed by atoms with Crippen molar-refractivity contribution in [1.29, 1.82) is 0 Å². The number of carbonyl (C=O) groups is 2. The number of anilines is 2. The Hall–Kier alpha value is -4.87. The molecular formula is C35H41N5O6. The largest absolute Gasteiger partial charge is 0.488 e. The summed E-state index contributed by atoms with van der Waals surface area (Å²) >= 11 is 0. The molecule has 3 atom stereocenters. The van der Waals surface area contributed by atoms with E-state index >= 15 is 0 Å². The number of urea groups is 1. The first-order chi connectivity index (χ1) is 22.1. The molecule has 1 aliphatic heterocycles. The van der Waals surface area contributed by atoms with Crippen molar-refractivity contribution < 1.29 is 28.7 Å². The van der Waals surface area contributed by atoms with Crippen molar-refractivity contribution in [2.24, 2.45) is 5.92 Å². The molecule has 0 bridgehead atoms. The van der Waals surface area contributed by atoms with Crippen molar-refractivity contribution >= 4 is 23.3 Å². The Morgan fingerprint density at radius 2 is 1.80 bits per heavy atom. The minimum atomic E-state index is -0.498. The Labute approximate surface area is 269 Å². The zero-order chi connectivity index (χ0) is 32.8. The molecule has 0 radical (unpaired) electrons. The highest BCUT2D eigenvalue weighted by Gasteiger charge is 2.33. The summed E-state index contributed by atoms with van der Waals surface area (Å²) in [5.41, 5.74) is 2.89. The van der Waals surface area contributed by atoms with Gasteiger partial charge in [-0.25, -0.2) is 4.79 Å². The van der Waals surface area contributed by atoms with Crippen molar-refractivity contribution in [1.82, 2.24) is 15.0 Å². The number of likely N-dealkylation sites (N-methyl/N-ethyl adjacent to an activating group) is 1. The average Bonchev–Trinajstić information content (AvgIpc) is 3.36. The van der Waals surface area contributed by atoms with Gasteiger partial charge in [0.25, 0.3) is 5.91 Å². The number of nitrogens with zero attached hydrogens (tertiary/aromatic N) is 3. The minimum absolute atomic E-state index is 0.0335. The van der Waals surface area contributed by atoms with Gasteiger partial charge in [0.2, 0.25) is 0 Å². The lowest BCUT2D eigenvalue weighted by atomic mass is 9.99. The summed E-state index contributed by atoms with van der Waals surface area (Å²) in [6.45, 7) is 8.81. The van der Waals surface area contributed by atoms with Crippen molar-refractivity contribution in [3.63, 3.8) is 0 Å². The highest BCUT2D eigenvalue weighted by molar-refractivity contribution is 6.03. The number of amides is 3. The number of para-hydroxylation sites is 1. The molecule has 4 aromatic rings. The molecule has 0 unspecified atom stereocenters. The first-order valence-corrected chi connectivity index (χ1v) is 15.3. The van der Waals surface area contributed by atoms with Gasteiger partial charge in [-0.05, 0) is 75.8 Å². The predicted molar refractivity (Wildman–Crippen MR) is 176 cm³/mol. The van der Waals surface area contributed by atoms with Gasteiger partial charge in [-0.15, -0.1) is 0 Å². The van der Waals surface area contributed by atoms with E-state index in [9.17, 15) is 14.7 Å². The summed E-state index contributed by atoms with van der Waals surface area (Å²) in [4.78, 5) is 30.4. The molecule has 0 saturated heterocycles. The zero-order valence-corrected chi connectivity index (χ0v) is 26.8. The number of rotatable bonds is 10. The van der Waals surface area contributed by atoms with E-state index in [-0.39, 0.29) is 24.5 Å². The van der Waals surface area contributed by atoms with Gasteiger partial charge in [0.05, 0.1) is 18.2 Å².